The van der Waals surface area contributed by atoms with Gasteiger partial charge in [-0.1, -0.05) is 35.8 Å². The lowest BCUT2D eigenvalue weighted by Crippen LogP contribution is -2.63. The fourth-order valence-electron chi connectivity index (χ4n) is 3.62. The van der Waals surface area contributed by atoms with Gasteiger partial charge in [-0.25, -0.2) is 4.79 Å². The second-order valence-corrected chi connectivity index (χ2v) is 8.03. The third-order valence-corrected chi connectivity index (χ3v) is 5.85. The van der Waals surface area contributed by atoms with Crippen LogP contribution in [0.5, 0.6) is 5.75 Å². The highest BCUT2D eigenvalue weighted by molar-refractivity contribution is 9.10. The molecule has 2 aromatic carbocycles. The number of likely N-dealkylation sites (N-methyl/N-ethyl adjacent to an activating group) is 1. The SMILES string of the molecule is CCN(CC)CCNC(=O)[C@@]1(O)c2cc(Br)ccc2NC(=O)N1c1cccc(OC)c1. The Bertz CT molecular complexity index is 966. The standard InChI is InChI=1S/C22H27BrN4O4/c1-4-26(5-2)12-11-24-20(28)22(30)18-13-15(23)9-10-19(18)25-21(29)27(22)16-7-6-8-17(14-16)31-3/h6-10,13-14,30H,4-5,11-12H2,1-3H3,(H,24,28)(H,25,29)/t22-/m0/s1. The molecule has 0 aromatic heterocycles. The Labute approximate surface area is 190 Å². The van der Waals surface area contributed by atoms with Gasteiger partial charge in [0, 0.05) is 29.2 Å². The average Bonchev–Trinajstić information content (AvgIpc) is 2.77. The fourth-order valence-corrected chi connectivity index (χ4v) is 3.98. The molecule has 166 valence electrons. The van der Waals surface area contributed by atoms with Crippen molar-refractivity contribution in [3.63, 3.8) is 0 Å². The average molecular weight is 491 g/mol. The first-order valence-electron chi connectivity index (χ1n) is 10.1. The molecule has 1 heterocycles. The number of hydrogen-bond acceptors (Lipinski definition) is 5. The molecule has 3 amide bonds. The van der Waals surface area contributed by atoms with E-state index < -0.39 is 17.7 Å². The summed E-state index contributed by atoms with van der Waals surface area (Å²) in [6.45, 7) is 6.76. The third kappa shape index (κ3) is 4.53. The van der Waals surface area contributed by atoms with E-state index >= 15 is 0 Å². The summed E-state index contributed by atoms with van der Waals surface area (Å²) in [6.07, 6.45) is 0. The van der Waals surface area contributed by atoms with Crippen LogP contribution in [0.4, 0.5) is 16.2 Å². The Balaban J connectivity index is 2.04. The number of anilines is 2. The molecule has 1 aliphatic heterocycles. The quantitative estimate of drug-likeness (QED) is 0.528. The Kier molecular flexibility index (Phi) is 7.19. The second kappa shape index (κ2) is 9.67. The van der Waals surface area contributed by atoms with E-state index in [0.717, 1.165) is 18.0 Å². The number of aliphatic hydroxyl groups is 1. The fraction of sp³-hybridized carbons (Fsp3) is 0.364. The minimum Gasteiger partial charge on any atom is -0.497 e. The van der Waals surface area contributed by atoms with Gasteiger partial charge in [0.05, 0.1) is 18.5 Å². The van der Waals surface area contributed by atoms with Crippen molar-refractivity contribution in [3.05, 3.63) is 52.5 Å². The van der Waals surface area contributed by atoms with Crippen molar-refractivity contribution in [2.24, 2.45) is 0 Å². The molecule has 9 heteroatoms. The molecule has 0 spiro atoms. The molecule has 1 atom stereocenters. The minimum absolute atomic E-state index is 0.268. The molecule has 0 saturated heterocycles. The van der Waals surface area contributed by atoms with Crippen molar-refractivity contribution in [2.45, 2.75) is 19.6 Å². The smallest absolute Gasteiger partial charge is 0.329 e. The monoisotopic (exact) mass is 490 g/mol. The van der Waals surface area contributed by atoms with Gasteiger partial charge in [0.2, 0.25) is 0 Å². The van der Waals surface area contributed by atoms with Crippen LogP contribution < -0.4 is 20.3 Å². The first-order valence-corrected chi connectivity index (χ1v) is 10.9. The summed E-state index contributed by atoms with van der Waals surface area (Å²) in [4.78, 5) is 29.6. The van der Waals surface area contributed by atoms with Gasteiger partial charge in [-0.15, -0.1) is 0 Å². The van der Waals surface area contributed by atoms with Gasteiger partial charge >= 0.3 is 6.03 Å². The molecular formula is C22H27BrN4O4. The van der Waals surface area contributed by atoms with Gasteiger partial charge in [-0.3, -0.25) is 9.69 Å². The number of nitrogens with zero attached hydrogens (tertiary/aromatic N) is 2. The first-order chi connectivity index (χ1) is 14.8. The lowest BCUT2D eigenvalue weighted by molar-refractivity contribution is -0.140. The summed E-state index contributed by atoms with van der Waals surface area (Å²) in [7, 11) is 1.51. The molecule has 0 bridgehead atoms. The molecule has 31 heavy (non-hydrogen) atoms. The normalized spacial score (nSPS) is 17.9. The summed E-state index contributed by atoms with van der Waals surface area (Å²) in [5, 5.41) is 17.4. The second-order valence-electron chi connectivity index (χ2n) is 7.11. The maximum atomic E-state index is 13.4. The zero-order valence-corrected chi connectivity index (χ0v) is 19.4. The first kappa shape index (κ1) is 23.1. The zero-order chi connectivity index (χ0) is 22.6. The highest BCUT2D eigenvalue weighted by Gasteiger charge is 2.52. The van der Waals surface area contributed by atoms with Crippen LogP contribution in [0.15, 0.2) is 46.9 Å². The van der Waals surface area contributed by atoms with E-state index in [1.807, 2.05) is 13.8 Å². The summed E-state index contributed by atoms with van der Waals surface area (Å²) in [5.41, 5.74) is -1.29. The van der Waals surface area contributed by atoms with E-state index in [2.05, 4.69) is 31.5 Å². The number of urea groups is 1. The maximum absolute atomic E-state index is 13.4. The molecule has 0 unspecified atom stereocenters. The van der Waals surface area contributed by atoms with Crippen LogP contribution in [0.1, 0.15) is 19.4 Å². The lowest BCUT2D eigenvalue weighted by Gasteiger charge is -2.42. The van der Waals surface area contributed by atoms with Crippen molar-refractivity contribution in [3.8, 4) is 5.75 Å². The number of hydrogen-bond donors (Lipinski definition) is 3. The van der Waals surface area contributed by atoms with E-state index in [-0.39, 0.29) is 5.56 Å². The van der Waals surface area contributed by atoms with E-state index in [0.29, 0.717) is 34.7 Å². The van der Waals surface area contributed by atoms with Crippen LogP contribution in [0.25, 0.3) is 0 Å². The lowest BCUT2D eigenvalue weighted by atomic mass is 9.94. The van der Waals surface area contributed by atoms with Crippen molar-refractivity contribution >= 4 is 39.2 Å². The van der Waals surface area contributed by atoms with E-state index in [1.54, 1.807) is 42.5 Å². The molecule has 8 nitrogen and oxygen atoms in total. The van der Waals surface area contributed by atoms with Gasteiger partial charge < -0.3 is 25.4 Å². The number of rotatable bonds is 8. The highest BCUT2D eigenvalue weighted by Crippen LogP contribution is 2.41. The van der Waals surface area contributed by atoms with Crippen molar-refractivity contribution < 1.29 is 19.4 Å². The predicted octanol–water partition coefficient (Wildman–Crippen LogP) is 3.11. The summed E-state index contributed by atoms with van der Waals surface area (Å²) >= 11 is 3.39. The number of benzene rings is 2. The van der Waals surface area contributed by atoms with Crippen LogP contribution in [0.3, 0.4) is 0 Å². The molecule has 0 saturated carbocycles. The molecule has 3 rings (SSSR count). The topological polar surface area (TPSA) is 94.1 Å². The van der Waals surface area contributed by atoms with E-state index in [9.17, 15) is 14.7 Å². The zero-order valence-electron chi connectivity index (χ0n) is 17.8. The highest BCUT2D eigenvalue weighted by atomic mass is 79.9. The number of fused-ring (bicyclic) bond motifs is 1. The van der Waals surface area contributed by atoms with Crippen molar-refractivity contribution in [1.29, 1.82) is 0 Å². The van der Waals surface area contributed by atoms with Crippen LogP contribution in [0, 0.1) is 0 Å². The number of halogens is 1. The Morgan fingerprint density at radius 3 is 2.68 bits per heavy atom. The Hall–Kier alpha value is -2.62. The summed E-state index contributed by atoms with van der Waals surface area (Å²) in [5.74, 6) is -0.189. The molecule has 2 aromatic rings. The van der Waals surface area contributed by atoms with Crippen LogP contribution in [0.2, 0.25) is 0 Å². The van der Waals surface area contributed by atoms with Gasteiger partial charge in [0.25, 0.3) is 11.6 Å². The predicted molar refractivity (Wildman–Crippen MR) is 123 cm³/mol. The number of amides is 3. The van der Waals surface area contributed by atoms with Gasteiger partial charge in [0.1, 0.15) is 5.75 Å². The summed E-state index contributed by atoms with van der Waals surface area (Å²) in [6, 6.07) is 11.0. The Morgan fingerprint density at radius 1 is 1.26 bits per heavy atom. The van der Waals surface area contributed by atoms with Crippen LogP contribution in [-0.4, -0.2) is 55.2 Å². The largest absolute Gasteiger partial charge is 0.497 e. The number of carbonyl (C=O) groups is 2. The summed E-state index contributed by atoms with van der Waals surface area (Å²) < 4.78 is 5.93. The Morgan fingerprint density at radius 2 is 2.00 bits per heavy atom. The van der Waals surface area contributed by atoms with E-state index in [4.69, 9.17) is 4.74 Å². The van der Waals surface area contributed by atoms with Crippen molar-refractivity contribution in [1.82, 2.24) is 10.2 Å². The van der Waals surface area contributed by atoms with Crippen LogP contribution in [-0.2, 0) is 10.5 Å². The van der Waals surface area contributed by atoms with Gasteiger partial charge in [-0.2, -0.15) is 0 Å². The van der Waals surface area contributed by atoms with Crippen LogP contribution >= 0.6 is 15.9 Å². The molecule has 0 fully saturated rings. The molecular weight excluding hydrogens is 464 g/mol. The number of ether oxygens (including phenoxy) is 1. The maximum Gasteiger partial charge on any atom is 0.329 e. The minimum atomic E-state index is -2.25. The molecule has 3 N–H and O–H groups in total. The van der Waals surface area contributed by atoms with E-state index in [1.165, 1.54) is 7.11 Å². The molecule has 0 aliphatic carbocycles. The number of methoxy groups -OCH3 is 1. The van der Waals surface area contributed by atoms with Gasteiger partial charge in [0.15, 0.2) is 0 Å². The third-order valence-electron chi connectivity index (χ3n) is 5.36. The molecule has 1 aliphatic rings. The number of nitrogens with one attached hydrogen (secondary N) is 2. The van der Waals surface area contributed by atoms with Crippen molar-refractivity contribution in [2.75, 3.05) is 43.5 Å². The van der Waals surface area contributed by atoms with Gasteiger partial charge in [-0.05, 0) is 43.4 Å². The number of carbonyl (C=O) groups excluding carboxylic acids is 2. The molecule has 0 radical (unpaired) electrons.